The van der Waals surface area contributed by atoms with Gasteiger partial charge in [-0.3, -0.25) is 4.79 Å². The minimum absolute atomic E-state index is 0.0134. The monoisotopic (exact) mass is 208 g/mol. The van der Waals surface area contributed by atoms with Crippen molar-refractivity contribution < 1.29 is 4.79 Å². The number of benzene rings is 1. The molecule has 1 aromatic heterocycles. The molecule has 0 saturated heterocycles. The highest BCUT2D eigenvalue weighted by atomic mass is 35.5. The molecule has 3 nitrogen and oxygen atoms in total. The molecule has 14 heavy (non-hydrogen) atoms. The molecule has 0 saturated carbocycles. The molecule has 2 aromatic rings. The minimum Gasteiger partial charge on any atom is -0.360 e. The number of nitrogens with two attached hydrogens (primary N) is 1. The Morgan fingerprint density at radius 3 is 3.00 bits per heavy atom. The van der Waals surface area contributed by atoms with Crippen LogP contribution in [0.15, 0.2) is 24.4 Å². The second kappa shape index (κ2) is 3.44. The van der Waals surface area contributed by atoms with Crippen molar-refractivity contribution in [2.45, 2.75) is 0 Å². The van der Waals surface area contributed by atoms with Crippen LogP contribution in [0.3, 0.4) is 0 Å². The molecule has 0 bridgehead atoms. The zero-order valence-electron chi connectivity index (χ0n) is 7.38. The molecular formula is C10H9ClN2O. The number of H-pyrrole nitrogens is 1. The van der Waals surface area contributed by atoms with E-state index in [-0.39, 0.29) is 12.3 Å². The lowest BCUT2D eigenvalue weighted by atomic mass is 10.1. The third-order valence-corrected chi connectivity index (χ3v) is 2.36. The molecule has 2 rings (SSSR count). The Morgan fingerprint density at radius 1 is 1.50 bits per heavy atom. The van der Waals surface area contributed by atoms with Crippen LogP contribution in [-0.2, 0) is 0 Å². The Bertz CT molecular complexity index is 490. The van der Waals surface area contributed by atoms with Crippen LogP contribution in [0.25, 0.3) is 10.9 Å². The summed E-state index contributed by atoms with van der Waals surface area (Å²) in [4.78, 5) is 14.4. The highest BCUT2D eigenvalue weighted by Crippen LogP contribution is 2.22. The smallest absolute Gasteiger partial charge is 0.178 e. The highest BCUT2D eigenvalue weighted by molar-refractivity contribution is 6.31. The molecule has 0 aliphatic carbocycles. The number of rotatable bonds is 2. The number of Topliss-reactive ketones (excluding diaryl/α,β-unsaturated/α-hetero) is 1. The molecule has 0 atom stereocenters. The summed E-state index contributed by atoms with van der Waals surface area (Å²) in [7, 11) is 0. The molecule has 0 amide bonds. The molecule has 0 aliphatic rings. The quantitative estimate of drug-likeness (QED) is 0.742. The number of hydrogen-bond acceptors (Lipinski definition) is 2. The van der Waals surface area contributed by atoms with Gasteiger partial charge in [-0.15, -0.1) is 0 Å². The third kappa shape index (κ3) is 1.41. The first kappa shape index (κ1) is 9.24. The molecule has 0 radical (unpaired) electrons. The van der Waals surface area contributed by atoms with Crippen LogP contribution in [0.1, 0.15) is 10.4 Å². The second-order valence-corrected chi connectivity index (χ2v) is 3.46. The lowest BCUT2D eigenvalue weighted by Crippen LogP contribution is -2.12. The van der Waals surface area contributed by atoms with Gasteiger partial charge < -0.3 is 10.7 Å². The van der Waals surface area contributed by atoms with E-state index in [9.17, 15) is 4.79 Å². The molecule has 4 heteroatoms. The van der Waals surface area contributed by atoms with E-state index in [1.807, 2.05) is 6.07 Å². The average molecular weight is 209 g/mol. The van der Waals surface area contributed by atoms with E-state index >= 15 is 0 Å². The van der Waals surface area contributed by atoms with Gasteiger partial charge in [0, 0.05) is 27.7 Å². The van der Waals surface area contributed by atoms with E-state index in [0.717, 1.165) is 10.9 Å². The first-order valence-corrected chi connectivity index (χ1v) is 4.60. The fourth-order valence-corrected chi connectivity index (χ4v) is 1.61. The number of ketones is 1. The lowest BCUT2D eigenvalue weighted by Gasteiger charge is -1.95. The van der Waals surface area contributed by atoms with Gasteiger partial charge in [-0.25, -0.2) is 0 Å². The number of aromatic amines is 1. The molecule has 1 aromatic carbocycles. The number of fused-ring (bicyclic) bond motifs is 1. The maximum atomic E-state index is 11.4. The van der Waals surface area contributed by atoms with Gasteiger partial charge in [0.1, 0.15) is 0 Å². The molecule has 0 fully saturated rings. The molecule has 0 unspecified atom stereocenters. The number of hydrogen-bond donors (Lipinski definition) is 2. The fourth-order valence-electron chi connectivity index (χ4n) is 1.43. The van der Waals surface area contributed by atoms with Gasteiger partial charge in [-0.1, -0.05) is 11.6 Å². The summed E-state index contributed by atoms with van der Waals surface area (Å²) < 4.78 is 0. The summed E-state index contributed by atoms with van der Waals surface area (Å²) >= 11 is 5.84. The Balaban J connectivity index is 2.67. The first-order chi connectivity index (χ1) is 6.72. The van der Waals surface area contributed by atoms with Crippen LogP contribution < -0.4 is 5.73 Å². The molecule has 0 spiro atoms. The van der Waals surface area contributed by atoms with Gasteiger partial charge in [-0.2, -0.15) is 0 Å². The van der Waals surface area contributed by atoms with Gasteiger partial charge in [0.25, 0.3) is 0 Å². The summed E-state index contributed by atoms with van der Waals surface area (Å²) in [6.07, 6.45) is 1.66. The summed E-state index contributed by atoms with van der Waals surface area (Å²) in [6.45, 7) is 0.0134. The van der Waals surface area contributed by atoms with Gasteiger partial charge in [0.2, 0.25) is 0 Å². The van der Waals surface area contributed by atoms with Crippen molar-refractivity contribution >= 4 is 28.3 Å². The van der Waals surface area contributed by atoms with Gasteiger partial charge in [0.05, 0.1) is 6.54 Å². The minimum atomic E-state index is -0.0847. The predicted octanol–water partition coefficient (Wildman–Crippen LogP) is 1.96. The maximum absolute atomic E-state index is 11.4. The van der Waals surface area contributed by atoms with E-state index in [0.29, 0.717) is 10.6 Å². The molecular weight excluding hydrogens is 200 g/mol. The van der Waals surface area contributed by atoms with E-state index in [1.165, 1.54) is 0 Å². The highest BCUT2D eigenvalue weighted by Gasteiger charge is 2.10. The normalized spacial score (nSPS) is 10.7. The van der Waals surface area contributed by atoms with E-state index in [2.05, 4.69) is 4.98 Å². The van der Waals surface area contributed by atoms with Crippen LogP contribution in [-0.4, -0.2) is 17.3 Å². The summed E-state index contributed by atoms with van der Waals surface area (Å²) in [5.74, 6) is -0.0847. The first-order valence-electron chi connectivity index (χ1n) is 4.22. The van der Waals surface area contributed by atoms with Crippen molar-refractivity contribution in [2.24, 2.45) is 5.73 Å². The van der Waals surface area contributed by atoms with Crippen molar-refractivity contribution in [2.75, 3.05) is 6.54 Å². The largest absolute Gasteiger partial charge is 0.360 e. The number of nitrogens with one attached hydrogen (secondary N) is 1. The van der Waals surface area contributed by atoms with Gasteiger partial charge in [-0.05, 0) is 18.2 Å². The SMILES string of the molecule is NCC(=O)c1c[nH]c2ccc(Cl)cc12. The van der Waals surface area contributed by atoms with Crippen LogP contribution in [0.4, 0.5) is 0 Å². The van der Waals surface area contributed by atoms with Crippen LogP contribution in [0, 0.1) is 0 Å². The van der Waals surface area contributed by atoms with Crippen LogP contribution in [0.5, 0.6) is 0 Å². The third-order valence-electron chi connectivity index (χ3n) is 2.13. The zero-order chi connectivity index (χ0) is 10.1. The Labute approximate surface area is 85.9 Å². The number of aromatic nitrogens is 1. The number of halogens is 1. The standard InChI is InChI=1S/C10H9ClN2O/c11-6-1-2-9-7(3-6)8(5-13-9)10(14)4-12/h1-3,5,13H,4,12H2. The van der Waals surface area contributed by atoms with Crippen LogP contribution >= 0.6 is 11.6 Å². The summed E-state index contributed by atoms with van der Waals surface area (Å²) in [5.41, 5.74) is 6.79. The molecule has 0 aliphatic heterocycles. The van der Waals surface area contributed by atoms with Crippen molar-refractivity contribution in [3.8, 4) is 0 Å². The van der Waals surface area contributed by atoms with E-state index < -0.39 is 0 Å². The predicted molar refractivity (Wildman–Crippen MR) is 56.7 cm³/mol. The second-order valence-electron chi connectivity index (χ2n) is 3.02. The average Bonchev–Trinajstić information content (AvgIpc) is 2.59. The summed E-state index contributed by atoms with van der Waals surface area (Å²) in [5, 5.41) is 1.44. The van der Waals surface area contributed by atoms with E-state index in [1.54, 1.807) is 18.3 Å². The fraction of sp³-hybridized carbons (Fsp3) is 0.100. The van der Waals surface area contributed by atoms with Crippen LogP contribution in [0.2, 0.25) is 5.02 Å². The maximum Gasteiger partial charge on any atom is 0.178 e. The molecule has 1 heterocycles. The Kier molecular flexibility index (Phi) is 2.27. The van der Waals surface area contributed by atoms with Crippen molar-refractivity contribution in [1.82, 2.24) is 4.98 Å². The Morgan fingerprint density at radius 2 is 2.29 bits per heavy atom. The topological polar surface area (TPSA) is 58.9 Å². The molecule has 3 N–H and O–H groups in total. The van der Waals surface area contributed by atoms with Gasteiger partial charge >= 0.3 is 0 Å². The summed E-state index contributed by atoms with van der Waals surface area (Å²) in [6, 6.07) is 5.37. The van der Waals surface area contributed by atoms with Crippen molar-refractivity contribution in [3.05, 3.63) is 35.0 Å². The Hall–Kier alpha value is -1.32. The lowest BCUT2D eigenvalue weighted by molar-refractivity contribution is 0.100. The number of carbonyl (C=O) groups is 1. The van der Waals surface area contributed by atoms with Crippen molar-refractivity contribution in [3.63, 3.8) is 0 Å². The van der Waals surface area contributed by atoms with Crippen molar-refractivity contribution in [1.29, 1.82) is 0 Å². The zero-order valence-corrected chi connectivity index (χ0v) is 8.14. The number of carbonyl (C=O) groups excluding carboxylic acids is 1. The molecule has 72 valence electrons. The van der Waals surface area contributed by atoms with Gasteiger partial charge in [0.15, 0.2) is 5.78 Å². The van der Waals surface area contributed by atoms with E-state index in [4.69, 9.17) is 17.3 Å².